The minimum atomic E-state index is 0.452. The van der Waals surface area contributed by atoms with Gasteiger partial charge in [-0.25, -0.2) is 4.98 Å². The maximum atomic E-state index is 6.33. The van der Waals surface area contributed by atoms with Gasteiger partial charge < -0.3 is 4.74 Å². The number of aromatic nitrogens is 2. The first kappa shape index (κ1) is 12.4. The predicted octanol–water partition coefficient (Wildman–Crippen LogP) is 4.49. The van der Waals surface area contributed by atoms with Gasteiger partial charge in [0.25, 0.3) is 0 Å². The maximum Gasteiger partial charge on any atom is 0.227 e. The molecule has 0 radical (unpaired) electrons. The number of nitrogens with zero attached hydrogens (tertiary/aromatic N) is 2. The highest BCUT2D eigenvalue weighted by Crippen LogP contribution is 2.38. The summed E-state index contributed by atoms with van der Waals surface area (Å²) in [7, 11) is 0. The lowest BCUT2D eigenvalue weighted by Gasteiger charge is -2.20. The second-order valence-corrected chi connectivity index (χ2v) is 5.23. The largest absolute Gasteiger partial charge is 0.438 e. The molecule has 0 saturated carbocycles. The van der Waals surface area contributed by atoms with Gasteiger partial charge in [0.1, 0.15) is 10.9 Å². The molecular weight excluding hydrogens is 284 g/mol. The molecule has 1 aliphatic rings. The van der Waals surface area contributed by atoms with Gasteiger partial charge in [0, 0.05) is 12.0 Å². The zero-order chi connectivity index (χ0) is 14.2. The van der Waals surface area contributed by atoms with Gasteiger partial charge in [-0.05, 0) is 11.6 Å². The number of para-hydroxylation sites is 1. The monoisotopic (exact) mass is 294 g/mol. The lowest BCUT2D eigenvalue weighted by Crippen LogP contribution is -2.07. The maximum absolute atomic E-state index is 6.33. The Balaban J connectivity index is 1.83. The van der Waals surface area contributed by atoms with Crippen LogP contribution in [0.25, 0.3) is 11.4 Å². The van der Waals surface area contributed by atoms with E-state index < -0.39 is 0 Å². The van der Waals surface area contributed by atoms with Gasteiger partial charge in [-0.3, -0.25) is 0 Å². The Morgan fingerprint density at radius 3 is 2.52 bits per heavy atom. The van der Waals surface area contributed by atoms with Gasteiger partial charge in [0.15, 0.2) is 5.82 Å². The molecule has 21 heavy (non-hydrogen) atoms. The van der Waals surface area contributed by atoms with Crippen LogP contribution in [-0.4, -0.2) is 9.97 Å². The van der Waals surface area contributed by atoms with E-state index in [0.29, 0.717) is 23.3 Å². The van der Waals surface area contributed by atoms with E-state index in [-0.39, 0.29) is 0 Å². The van der Waals surface area contributed by atoms with Crippen molar-refractivity contribution in [1.82, 2.24) is 9.97 Å². The summed E-state index contributed by atoms with van der Waals surface area (Å²) in [6, 6.07) is 17.7. The zero-order valence-electron chi connectivity index (χ0n) is 11.1. The highest BCUT2D eigenvalue weighted by molar-refractivity contribution is 6.30. The zero-order valence-corrected chi connectivity index (χ0v) is 11.8. The van der Waals surface area contributed by atoms with Gasteiger partial charge in [-0.1, -0.05) is 60.1 Å². The van der Waals surface area contributed by atoms with Crippen LogP contribution in [0, 0.1) is 0 Å². The third-order valence-corrected chi connectivity index (χ3v) is 3.81. The molecule has 0 fully saturated rings. The molecule has 0 bridgehead atoms. The van der Waals surface area contributed by atoms with E-state index in [1.165, 1.54) is 0 Å². The Kier molecular flexibility index (Phi) is 2.86. The molecule has 3 aromatic rings. The number of halogens is 1. The van der Waals surface area contributed by atoms with Crippen molar-refractivity contribution in [3.05, 3.63) is 70.9 Å². The Morgan fingerprint density at radius 2 is 1.67 bits per heavy atom. The van der Waals surface area contributed by atoms with Crippen LogP contribution in [-0.2, 0) is 6.42 Å². The minimum absolute atomic E-state index is 0.452. The van der Waals surface area contributed by atoms with Crippen molar-refractivity contribution in [3.63, 3.8) is 0 Å². The Morgan fingerprint density at radius 1 is 0.905 bits per heavy atom. The van der Waals surface area contributed by atoms with E-state index in [1.54, 1.807) is 0 Å². The normalized spacial score (nSPS) is 12.2. The Labute approximate surface area is 127 Å². The van der Waals surface area contributed by atoms with Crippen LogP contribution < -0.4 is 4.74 Å². The van der Waals surface area contributed by atoms with Crippen LogP contribution in [0.4, 0.5) is 0 Å². The first-order chi connectivity index (χ1) is 10.3. The fourth-order valence-electron chi connectivity index (χ4n) is 2.43. The molecular formula is C17H11ClN2O. The highest BCUT2D eigenvalue weighted by Gasteiger charge is 2.22. The molecule has 102 valence electrons. The number of hydrogen-bond acceptors (Lipinski definition) is 3. The van der Waals surface area contributed by atoms with Gasteiger partial charge in [0.2, 0.25) is 5.88 Å². The summed E-state index contributed by atoms with van der Waals surface area (Å²) in [5, 5.41) is 0.452. The second kappa shape index (κ2) is 4.86. The minimum Gasteiger partial charge on any atom is -0.438 e. The number of rotatable bonds is 1. The first-order valence-electron chi connectivity index (χ1n) is 6.69. The van der Waals surface area contributed by atoms with Crippen molar-refractivity contribution in [2.45, 2.75) is 6.42 Å². The average molecular weight is 295 g/mol. The van der Waals surface area contributed by atoms with Gasteiger partial charge in [0.05, 0.1) is 5.56 Å². The molecule has 2 heterocycles. The third kappa shape index (κ3) is 2.16. The van der Waals surface area contributed by atoms with E-state index in [4.69, 9.17) is 16.3 Å². The summed E-state index contributed by atoms with van der Waals surface area (Å²) in [5.74, 6) is 1.96. The summed E-state index contributed by atoms with van der Waals surface area (Å²) in [6.07, 6.45) is 0.694. The Bertz CT molecular complexity index is 818. The molecule has 0 saturated heterocycles. The molecule has 0 aliphatic carbocycles. The fraction of sp³-hybridized carbons (Fsp3) is 0.0588. The second-order valence-electron chi connectivity index (χ2n) is 4.87. The van der Waals surface area contributed by atoms with Gasteiger partial charge in [-0.15, -0.1) is 0 Å². The number of ether oxygens (including phenoxy) is 1. The van der Waals surface area contributed by atoms with E-state index >= 15 is 0 Å². The van der Waals surface area contributed by atoms with Crippen LogP contribution in [0.1, 0.15) is 11.1 Å². The van der Waals surface area contributed by atoms with E-state index in [0.717, 1.165) is 22.4 Å². The van der Waals surface area contributed by atoms with Crippen molar-refractivity contribution in [1.29, 1.82) is 0 Å². The predicted molar refractivity (Wildman–Crippen MR) is 81.8 cm³/mol. The first-order valence-corrected chi connectivity index (χ1v) is 7.06. The standard InChI is InChI=1S/C17H11ClN2O/c18-15-13-10-12-8-4-5-9-14(12)21-17(13)20-16(19-15)11-6-2-1-3-7-11/h1-9H,10H2. The van der Waals surface area contributed by atoms with Crippen LogP contribution in [0.2, 0.25) is 5.15 Å². The van der Waals surface area contributed by atoms with Crippen molar-refractivity contribution < 1.29 is 4.74 Å². The molecule has 4 rings (SSSR count). The van der Waals surface area contributed by atoms with Crippen molar-refractivity contribution in [2.24, 2.45) is 0 Å². The molecule has 1 aromatic heterocycles. The summed E-state index contributed by atoms with van der Waals surface area (Å²) >= 11 is 6.33. The molecule has 2 aromatic carbocycles. The van der Waals surface area contributed by atoms with E-state index in [9.17, 15) is 0 Å². The summed E-state index contributed by atoms with van der Waals surface area (Å²) in [6.45, 7) is 0. The van der Waals surface area contributed by atoms with Crippen LogP contribution in [0.5, 0.6) is 11.6 Å². The Hall–Kier alpha value is -2.39. The molecule has 0 N–H and O–H groups in total. The molecule has 0 atom stereocenters. The lowest BCUT2D eigenvalue weighted by molar-refractivity contribution is 0.439. The number of hydrogen-bond donors (Lipinski definition) is 0. The lowest BCUT2D eigenvalue weighted by atomic mass is 10.0. The molecule has 0 unspecified atom stereocenters. The molecule has 0 spiro atoms. The van der Waals surface area contributed by atoms with Gasteiger partial charge in [-0.2, -0.15) is 4.98 Å². The van der Waals surface area contributed by atoms with Crippen molar-refractivity contribution in [3.8, 4) is 23.0 Å². The number of fused-ring (bicyclic) bond motifs is 2. The molecule has 4 heteroatoms. The molecule has 0 amide bonds. The smallest absolute Gasteiger partial charge is 0.227 e. The van der Waals surface area contributed by atoms with Crippen molar-refractivity contribution in [2.75, 3.05) is 0 Å². The van der Waals surface area contributed by atoms with E-state index in [2.05, 4.69) is 9.97 Å². The van der Waals surface area contributed by atoms with Crippen molar-refractivity contribution >= 4 is 11.6 Å². The summed E-state index contributed by atoms with van der Waals surface area (Å²) in [4.78, 5) is 8.93. The molecule has 1 aliphatic heterocycles. The molecule has 3 nitrogen and oxygen atoms in total. The number of benzene rings is 2. The van der Waals surface area contributed by atoms with Crippen LogP contribution in [0.3, 0.4) is 0 Å². The van der Waals surface area contributed by atoms with E-state index in [1.807, 2.05) is 54.6 Å². The van der Waals surface area contributed by atoms with Crippen LogP contribution in [0.15, 0.2) is 54.6 Å². The van der Waals surface area contributed by atoms with Crippen LogP contribution >= 0.6 is 11.6 Å². The fourth-order valence-corrected chi connectivity index (χ4v) is 2.66. The summed E-state index contributed by atoms with van der Waals surface area (Å²) in [5.41, 5.74) is 2.86. The third-order valence-electron chi connectivity index (χ3n) is 3.50. The van der Waals surface area contributed by atoms with Gasteiger partial charge >= 0.3 is 0 Å². The summed E-state index contributed by atoms with van der Waals surface area (Å²) < 4.78 is 5.88. The quantitative estimate of drug-likeness (QED) is 0.485. The topological polar surface area (TPSA) is 35.0 Å². The SMILES string of the molecule is Clc1nc(-c2ccccc2)nc2c1Cc1ccccc1O2. The highest BCUT2D eigenvalue weighted by atomic mass is 35.5. The average Bonchev–Trinajstić information content (AvgIpc) is 2.54.